The van der Waals surface area contributed by atoms with Gasteiger partial charge in [-0.1, -0.05) is 32.4 Å². The average Bonchev–Trinajstić information content (AvgIpc) is 2.49. The maximum Gasteiger partial charge on any atom is 0.416 e. The number of hydrogen-bond acceptors (Lipinski definition) is 3. The number of aliphatic hydroxyl groups is 1. The monoisotopic (exact) mass is 332 g/mol. The molecule has 0 aliphatic heterocycles. The van der Waals surface area contributed by atoms with Gasteiger partial charge in [0.15, 0.2) is 6.10 Å². The van der Waals surface area contributed by atoms with Crippen LogP contribution in [0.25, 0.3) is 0 Å². The lowest BCUT2D eigenvalue weighted by molar-refractivity contribution is -0.137. The fourth-order valence-corrected chi connectivity index (χ4v) is 1.97. The molecule has 0 heterocycles. The first-order chi connectivity index (χ1) is 10.6. The van der Waals surface area contributed by atoms with Gasteiger partial charge in [-0.15, -0.1) is 0 Å². The van der Waals surface area contributed by atoms with E-state index in [1.165, 1.54) is 0 Å². The van der Waals surface area contributed by atoms with Crippen molar-refractivity contribution in [3.63, 3.8) is 0 Å². The number of benzene rings is 1. The van der Waals surface area contributed by atoms with Crippen molar-refractivity contribution in [2.75, 3.05) is 0 Å². The first-order valence-corrected chi connectivity index (χ1v) is 7.02. The molecule has 0 bridgehead atoms. The van der Waals surface area contributed by atoms with Crippen LogP contribution in [-0.2, 0) is 15.8 Å². The normalized spacial score (nSPS) is 15.6. The second kappa shape index (κ2) is 7.45. The van der Waals surface area contributed by atoms with Gasteiger partial charge in [-0.25, -0.2) is 0 Å². The third-order valence-corrected chi connectivity index (χ3v) is 3.62. The molecule has 4 N–H and O–H groups in total. The summed E-state index contributed by atoms with van der Waals surface area (Å²) in [5.41, 5.74) is 4.31. The molecule has 0 saturated carbocycles. The molecule has 0 radical (unpaired) electrons. The quantitative estimate of drug-likeness (QED) is 0.741. The highest BCUT2D eigenvalue weighted by Gasteiger charge is 2.31. The summed E-state index contributed by atoms with van der Waals surface area (Å²) in [6.45, 7) is 3.51. The summed E-state index contributed by atoms with van der Waals surface area (Å²) in [5, 5.41) is 12.2. The molecule has 0 aromatic heterocycles. The Kier molecular flexibility index (Phi) is 6.14. The Labute approximate surface area is 131 Å². The van der Waals surface area contributed by atoms with Crippen molar-refractivity contribution < 1.29 is 27.9 Å². The SMILES string of the molecule is CC[C@H](C)[C@@H](NC(=O)[C@H](O)c1ccc(C(F)(F)F)cc1)C(N)=O. The van der Waals surface area contributed by atoms with Crippen LogP contribution in [-0.4, -0.2) is 23.0 Å². The number of hydrogen-bond donors (Lipinski definition) is 3. The first kappa shape index (κ1) is 19.0. The minimum Gasteiger partial charge on any atom is -0.378 e. The first-order valence-electron chi connectivity index (χ1n) is 7.02. The summed E-state index contributed by atoms with van der Waals surface area (Å²) in [5.74, 6) is -1.88. The molecule has 1 aromatic rings. The van der Waals surface area contributed by atoms with Gasteiger partial charge in [0.1, 0.15) is 6.04 Å². The highest BCUT2D eigenvalue weighted by molar-refractivity contribution is 5.89. The lowest BCUT2D eigenvalue weighted by Crippen LogP contribution is -2.49. The van der Waals surface area contributed by atoms with E-state index in [0.717, 1.165) is 24.3 Å². The average molecular weight is 332 g/mol. The molecule has 0 fully saturated rings. The standard InChI is InChI=1S/C15H19F3N2O3/c1-3-8(2)11(13(19)22)20-14(23)12(21)9-4-6-10(7-5-9)15(16,17)18/h4-8,11-12,21H,3H2,1-2H3,(H2,19,22)(H,20,23)/t8-,11+,12+/m0/s1. The Morgan fingerprint density at radius 1 is 1.26 bits per heavy atom. The number of carbonyl (C=O) groups is 2. The predicted molar refractivity (Wildman–Crippen MR) is 77.0 cm³/mol. The molecule has 128 valence electrons. The van der Waals surface area contributed by atoms with Gasteiger partial charge >= 0.3 is 6.18 Å². The highest BCUT2D eigenvalue weighted by atomic mass is 19.4. The number of carbonyl (C=O) groups excluding carboxylic acids is 2. The van der Waals surface area contributed by atoms with Crippen LogP contribution in [0.4, 0.5) is 13.2 Å². The van der Waals surface area contributed by atoms with Crippen molar-refractivity contribution in [1.29, 1.82) is 0 Å². The van der Waals surface area contributed by atoms with E-state index in [-0.39, 0.29) is 11.5 Å². The minimum atomic E-state index is -4.50. The van der Waals surface area contributed by atoms with Crippen LogP contribution in [0.5, 0.6) is 0 Å². The van der Waals surface area contributed by atoms with E-state index in [9.17, 15) is 27.9 Å². The van der Waals surface area contributed by atoms with Gasteiger partial charge in [0.05, 0.1) is 5.56 Å². The number of nitrogens with one attached hydrogen (secondary N) is 1. The summed E-state index contributed by atoms with van der Waals surface area (Å²) >= 11 is 0. The van der Waals surface area contributed by atoms with Crippen molar-refractivity contribution >= 4 is 11.8 Å². The summed E-state index contributed by atoms with van der Waals surface area (Å²) in [6.07, 6.45) is -5.62. The van der Waals surface area contributed by atoms with Gasteiger partial charge in [-0.3, -0.25) is 9.59 Å². The van der Waals surface area contributed by atoms with Crippen molar-refractivity contribution in [2.45, 2.75) is 38.6 Å². The zero-order valence-electron chi connectivity index (χ0n) is 12.7. The topological polar surface area (TPSA) is 92.4 Å². The molecule has 5 nitrogen and oxygen atoms in total. The number of rotatable bonds is 6. The van der Waals surface area contributed by atoms with Gasteiger partial charge in [0.25, 0.3) is 5.91 Å². The lowest BCUT2D eigenvalue weighted by Gasteiger charge is -2.22. The molecule has 1 aromatic carbocycles. The number of aliphatic hydroxyl groups excluding tert-OH is 1. The molecule has 0 aliphatic carbocycles. The van der Waals surface area contributed by atoms with E-state index in [4.69, 9.17) is 5.73 Å². The maximum absolute atomic E-state index is 12.5. The molecule has 2 amide bonds. The fraction of sp³-hybridized carbons (Fsp3) is 0.467. The lowest BCUT2D eigenvalue weighted by atomic mass is 9.98. The van der Waals surface area contributed by atoms with Crippen molar-refractivity contribution in [2.24, 2.45) is 11.7 Å². The summed E-state index contributed by atoms with van der Waals surface area (Å²) < 4.78 is 37.4. The van der Waals surface area contributed by atoms with Crippen LogP contribution in [0.3, 0.4) is 0 Å². The van der Waals surface area contributed by atoms with Crippen LogP contribution >= 0.6 is 0 Å². The second-order valence-electron chi connectivity index (χ2n) is 5.30. The highest BCUT2D eigenvalue weighted by Crippen LogP contribution is 2.30. The molecule has 0 saturated heterocycles. The van der Waals surface area contributed by atoms with Crippen LogP contribution in [0.15, 0.2) is 24.3 Å². The third kappa shape index (κ3) is 4.95. The Bertz CT molecular complexity index is 558. The van der Waals surface area contributed by atoms with E-state index >= 15 is 0 Å². The smallest absolute Gasteiger partial charge is 0.378 e. The molecular formula is C15H19F3N2O3. The zero-order chi connectivity index (χ0) is 17.8. The van der Waals surface area contributed by atoms with E-state index in [1.54, 1.807) is 13.8 Å². The Morgan fingerprint density at radius 2 is 1.78 bits per heavy atom. The van der Waals surface area contributed by atoms with Crippen LogP contribution in [0, 0.1) is 5.92 Å². The van der Waals surface area contributed by atoms with E-state index in [0.29, 0.717) is 6.42 Å². The zero-order valence-corrected chi connectivity index (χ0v) is 12.7. The number of amides is 2. The molecule has 0 spiro atoms. The number of alkyl halides is 3. The van der Waals surface area contributed by atoms with Crippen molar-refractivity contribution in [3.05, 3.63) is 35.4 Å². The van der Waals surface area contributed by atoms with Crippen molar-refractivity contribution in [1.82, 2.24) is 5.32 Å². The second-order valence-corrected chi connectivity index (χ2v) is 5.30. The van der Waals surface area contributed by atoms with Crippen LogP contribution < -0.4 is 11.1 Å². The molecule has 3 atom stereocenters. The Balaban J connectivity index is 2.85. The van der Waals surface area contributed by atoms with Gasteiger partial charge in [0, 0.05) is 0 Å². The van der Waals surface area contributed by atoms with Crippen LogP contribution in [0.1, 0.15) is 37.5 Å². The van der Waals surface area contributed by atoms with E-state index < -0.39 is 35.7 Å². The van der Waals surface area contributed by atoms with Gasteiger partial charge < -0.3 is 16.2 Å². The van der Waals surface area contributed by atoms with Gasteiger partial charge in [-0.2, -0.15) is 13.2 Å². The van der Waals surface area contributed by atoms with Crippen LogP contribution in [0.2, 0.25) is 0 Å². The molecule has 0 aliphatic rings. The minimum absolute atomic E-state index is 0.0112. The summed E-state index contributed by atoms with van der Waals surface area (Å²) in [4.78, 5) is 23.3. The Morgan fingerprint density at radius 3 is 2.17 bits per heavy atom. The van der Waals surface area contributed by atoms with E-state index in [2.05, 4.69) is 5.32 Å². The molecule has 23 heavy (non-hydrogen) atoms. The summed E-state index contributed by atoms with van der Waals surface area (Å²) in [6, 6.07) is 2.60. The van der Waals surface area contributed by atoms with E-state index in [1.807, 2.05) is 0 Å². The van der Waals surface area contributed by atoms with Gasteiger partial charge in [-0.05, 0) is 23.6 Å². The number of primary amides is 1. The number of nitrogens with two attached hydrogens (primary N) is 1. The summed E-state index contributed by atoms with van der Waals surface area (Å²) in [7, 11) is 0. The number of halogens is 3. The molecule has 0 unspecified atom stereocenters. The maximum atomic E-state index is 12.5. The fourth-order valence-electron chi connectivity index (χ4n) is 1.97. The van der Waals surface area contributed by atoms with Gasteiger partial charge in [0.2, 0.25) is 5.91 Å². The third-order valence-electron chi connectivity index (χ3n) is 3.62. The van der Waals surface area contributed by atoms with Crippen molar-refractivity contribution in [3.8, 4) is 0 Å². The largest absolute Gasteiger partial charge is 0.416 e. The predicted octanol–water partition coefficient (Wildman–Crippen LogP) is 1.76. The molecule has 8 heteroatoms. The molecule has 1 rings (SSSR count). The molecular weight excluding hydrogens is 313 g/mol. The Hall–Kier alpha value is -2.09.